The first-order chi connectivity index (χ1) is 17.1. The molecule has 2 aromatic heterocycles. The lowest BCUT2D eigenvalue weighted by Crippen LogP contribution is -2.71. The van der Waals surface area contributed by atoms with E-state index in [1.165, 1.54) is 41.6 Å². The number of anilines is 3. The maximum absolute atomic E-state index is 13.0. The normalized spacial score (nSPS) is 19.6. The second-order valence-corrected chi connectivity index (χ2v) is 10.3. The highest BCUT2D eigenvalue weighted by molar-refractivity contribution is 8.01. The van der Waals surface area contributed by atoms with Gasteiger partial charge in [-0.05, 0) is 17.3 Å². The molecule has 190 valence electrons. The molecule has 2 aliphatic heterocycles. The zero-order valence-electron chi connectivity index (χ0n) is 18.9. The van der Waals surface area contributed by atoms with Gasteiger partial charge in [-0.3, -0.25) is 14.5 Å². The molecule has 2 aliphatic rings. The Morgan fingerprint density at radius 2 is 2.14 bits per heavy atom. The third-order valence-corrected chi connectivity index (χ3v) is 8.16. The molecule has 2 amide bonds. The number of nitrogen functional groups attached to an aromatic ring is 3. The van der Waals surface area contributed by atoms with Gasteiger partial charge in [0.1, 0.15) is 24.2 Å². The fourth-order valence-electron chi connectivity index (χ4n) is 3.47. The van der Waals surface area contributed by atoms with Gasteiger partial charge in [0.15, 0.2) is 5.13 Å². The predicted molar refractivity (Wildman–Crippen MR) is 133 cm³/mol. The maximum atomic E-state index is 13.0. The molecule has 0 spiro atoms. The first kappa shape index (κ1) is 25.5. The van der Waals surface area contributed by atoms with Gasteiger partial charge in [-0.1, -0.05) is 10.1 Å². The summed E-state index contributed by atoms with van der Waals surface area (Å²) in [5.74, 6) is -1.42. The SMILES string of the molecule is CO/N=C(\C(=O)NC1C(=O)N2C(C(=O)O)=C(CSc3nc(N)cc(N)[n+]3C)CSC12)c1nsc(N)n1. The number of fused-ring (bicyclic) bond motifs is 1. The molecule has 2 aromatic rings. The van der Waals surface area contributed by atoms with E-state index in [-0.39, 0.29) is 33.9 Å². The van der Waals surface area contributed by atoms with Crippen LogP contribution >= 0.6 is 35.1 Å². The molecule has 2 atom stereocenters. The molecular formula is C18H21N10O5S3+. The fraction of sp³-hybridized carbons (Fsp3) is 0.333. The summed E-state index contributed by atoms with van der Waals surface area (Å²) in [5.41, 5.74) is 17.4. The van der Waals surface area contributed by atoms with Crippen LogP contribution in [0.2, 0.25) is 0 Å². The van der Waals surface area contributed by atoms with E-state index in [1.807, 2.05) is 0 Å². The van der Waals surface area contributed by atoms with E-state index in [4.69, 9.17) is 22.0 Å². The van der Waals surface area contributed by atoms with Crippen molar-refractivity contribution in [1.29, 1.82) is 0 Å². The van der Waals surface area contributed by atoms with Crippen molar-refractivity contribution >= 4 is 75.3 Å². The summed E-state index contributed by atoms with van der Waals surface area (Å²) in [6.07, 6.45) is 0. The van der Waals surface area contributed by atoms with Crippen LogP contribution < -0.4 is 27.1 Å². The summed E-state index contributed by atoms with van der Waals surface area (Å²) < 4.78 is 5.57. The van der Waals surface area contributed by atoms with Gasteiger partial charge in [0.2, 0.25) is 23.2 Å². The van der Waals surface area contributed by atoms with Crippen LogP contribution in [0.15, 0.2) is 27.6 Å². The number of carbonyl (C=O) groups excluding carboxylic acids is 2. The average molecular weight is 554 g/mol. The molecule has 0 aliphatic carbocycles. The van der Waals surface area contributed by atoms with E-state index in [0.717, 1.165) is 11.5 Å². The molecule has 36 heavy (non-hydrogen) atoms. The fourth-order valence-corrected chi connectivity index (χ4v) is 6.39. The molecule has 0 saturated carbocycles. The Kier molecular flexibility index (Phi) is 7.18. The first-order valence-electron chi connectivity index (χ1n) is 10.1. The van der Waals surface area contributed by atoms with E-state index in [9.17, 15) is 19.5 Å². The Balaban J connectivity index is 1.51. The van der Waals surface area contributed by atoms with Crippen LogP contribution in [0.3, 0.4) is 0 Å². The molecule has 0 bridgehead atoms. The van der Waals surface area contributed by atoms with E-state index in [2.05, 4.69) is 24.8 Å². The Morgan fingerprint density at radius 1 is 1.39 bits per heavy atom. The standard InChI is InChI=1S/C18H20N10O5S3/c1-27-8(20)3-7(19)22-18(27)35-5-6-4-34-15-10(14(30)28(15)11(6)16(31)32)23-13(29)9(25-33-2)12-24-17(21)36-26-12/h3,10,15H,4-5H2,1-2H3,(H7,19,20,21,23,24,26,29,31,32)/p+1/b25-9-. The van der Waals surface area contributed by atoms with E-state index in [0.29, 0.717) is 22.3 Å². The number of thioether (sulfide) groups is 2. The summed E-state index contributed by atoms with van der Waals surface area (Å²) in [6, 6.07) is 0.542. The number of hydrogen-bond donors (Lipinski definition) is 5. The summed E-state index contributed by atoms with van der Waals surface area (Å²) in [4.78, 5) is 51.9. The van der Waals surface area contributed by atoms with Crippen LogP contribution in [0.1, 0.15) is 5.82 Å². The van der Waals surface area contributed by atoms with Crippen LogP contribution in [0.25, 0.3) is 0 Å². The first-order valence-corrected chi connectivity index (χ1v) is 12.9. The van der Waals surface area contributed by atoms with Crippen LogP contribution in [0.4, 0.5) is 16.8 Å². The molecular weight excluding hydrogens is 532 g/mol. The lowest BCUT2D eigenvalue weighted by molar-refractivity contribution is -0.698. The Bertz CT molecular complexity index is 1310. The molecule has 18 heteroatoms. The van der Waals surface area contributed by atoms with Crippen molar-refractivity contribution in [3.63, 3.8) is 0 Å². The van der Waals surface area contributed by atoms with Crippen LogP contribution in [-0.2, 0) is 26.3 Å². The van der Waals surface area contributed by atoms with E-state index < -0.39 is 29.2 Å². The molecule has 2 unspecified atom stereocenters. The number of amides is 2. The summed E-state index contributed by atoms with van der Waals surface area (Å²) in [7, 11) is 2.96. The second-order valence-electron chi connectivity index (χ2n) is 7.43. The third kappa shape index (κ3) is 4.73. The number of aromatic nitrogens is 4. The number of aliphatic carboxylic acids is 1. The van der Waals surface area contributed by atoms with Crippen molar-refractivity contribution in [2.75, 3.05) is 35.8 Å². The number of hydrogen-bond acceptors (Lipinski definition) is 14. The quantitative estimate of drug-likeness (QED) is 0.0619. The number of nitrogens with one attached hydrogen (secondary N) is 1. The number of oxime groups is 1. The zero-order valence-corrected chi connectivity index (χ0v) is 21.3. The van der Waals surface area contributed by atoms with Crippen molar-refractivity contribution < 1.29 is 28.9 Å². The minimum absolute atomic E-state index is 0.0498. The van der Waals surface area contributed by atoms with E-state index in [1.54, 1.807) is 11.6 Å². The zero-order chi connectivity index (χ0) is 26.1. The lowest BCUT2D eigenvalue weighted by Gasteiger charge is -2.49. The van der Waals surface area contributed by atoms with Gasteiger partial charge < -0.3 is 32.5 Å². The molecule has 1 fully saturated rings. The molecule has 4 heterocycles. The number of nitrogens with two attached hydrogens (primary N) is 3. The molecule has 8 N–H and O–H groups in total. The highest BCUT2D eigenvalue weighted by atomic mass is 32.2. The van der Waals surface area contributed by atoms with Gasteiger partial charge in [-0.15, -0.1) is 11.8 Å². The largest absolute Gasteiger partial charge is 0.477 e. The van der Waals surface area contributed by atoms with Gasteiger partial charge in [0, 0.05) is 23.0 Å². The van der Waals surface area contributed by atoms with Gasteiger partial charge in [-0.2, -0.15) is 9.36 Å². The molecule has 4 rings (SSSR count). The number of carbonyl (C=O) groups is 3. The van der Waals surface area contributed by atoms with Crippen LogP contribution in [0, 0.1) is 0 Å². The smallest absolute Gasteiger partial charge is 0.352 e. The van der Waals surface area contributed by atoms with Crippen molar-refractivity contribution in [2.24, 2.45) is 12.2 Å². The molecule has 0 radical (unpaired) electrons. The molecule has 1 saturated heterocycles. The molecule has 15 nitrogen and oxygen atoms in total. The monoisotopic (exact) mass is 553 g/mol. The minimum Gasteiger partial charge on any atom is -0.477 e. The highest BCUT2D eigenvalue weighted by Crippen LogP contribution is 2.41. The Labute approximate surface area is 216 Å². The third-order valence-electron chi connectivity index (χ3n) is 5.16. The second kappa shape index (κ2) is 10.2. The van der Waals surface area contributed by atoms with E-state index >= 15 is 0 Å². The van der Waals surface area contributed by atoms with Gasteiger partial charge in [0.25, 0.3) is 11.8 Å². The van der Waals surface area contributed by atoms with Crippen molar-refractivity contribution in [1.82, 2.24) is 24.6 Å². The Morgan fingerprint density at radius 3 is 2.78 bits per heavy atom. The van der Waals surface area contributed by atoms with Crippen molar-refractivity contribution in [3.8, 4) is 0 Å². The van der Waals surface area contributed by atoms with Crippen LogP contribution in [0.5, 0.6) is 0 Å². The average Bonchev–Trinajstić information content (AvgIpc) is 3.26. The van der Waals surface area contributed by atoms with Gasteiger partial charge >= 0.3 is 11.1 Å². The molecule has 0 aromatic carbocycles. The van der Waals surface area contributed by atoms with Crippen molar-refractivity contribution in [2.45, 2.75) is 16.6 Å². The number of rotatable bonds is 8. The lowest BCUT2D eigenvalue weighted by atomic mass is 10.0. The Hall–Kier alpha value is -3.64. The predicted octanol–water partition coefficient (Wildman–Crippen LogP) is -1.61. The number of carboxylic acids is 1. The number of β-lactam (4-membered cyclic amide) rings is 1. The summed E-state index contributed by atoms with van der Waals surface area (Å²) in [6.45, 7) is 0. The maximum Gasteiger partial charge on any atom is 0.352 e. The van der Waals surface area contributed by atoms with Gasteiger partial charge in [-0.25, -0.2) is 9.36 Å². The highest BCUT2D eigenvalue weighted by Gasteiger charge is 2.54. The van der Waals surface area contributed by atoms with Crippen molar-refractivity contribution in [3.05, 3.63) is 23.2 Å². The number of nitrogens with zero attached hydrogens (tertiary/aromatic N) is 6. The summed E-state index contributed by atoms with van der Waals surface area (Å²) in [5, 5.41) is 16.1. The topological polar surface area (TPSA) is 229 Å². The van der Waals surface area contributed by atoms with Gasteiger partial charge in [0.05, 0.1) is 13.1 Å². The van der Waals surface area contributed by atoms with Crippen LogP contribution in [-0.4, -0.2) is 77.9 Å². The number of carboxylic acid groups (broad SMARTS) is 1. The summed E-state index contributed by atoms with van der Waals surface area (Å²) >= 11 is 3.44. The minimum atomic E-state index is -1.25.